The summed E-state index contributed by atoms with van der Waals surface area (Å²) >= 11 is 5.90. The van der Waals surface area contributed by atoms with Gasteiger partial charge in [-0.05, 0) is 52.6 Å². The number of piperazine rings is 1. The standard InChI is InChI=1S/C31H27ClN4O3/c32-28-16-21(10-12-29(28)37)30(38)34-33-17-22-9-11-27(26-8-4-3-7-25(22)26)31(39)36-14-13-35-18-23-6-2-1-5-20(23)15-24(35)19-36/h1-12,16-17,24,37H,13-15,18-19H2,(H,34,38)/b33-17+. The predicted molar refractivity (Wildman–Crippen MR) is 152 cm³/mol. The van der Waals surface area contributed by atoms with Crippen molar-refractivity contribution in [3.05, 3.63) is 112 Å². The SMILES string of the molecule is O=C(N/N=C/c1ccc(C(=O)N2CCN3Cc4ccccc4CC3C2)c2ccccc12)c1ccc(O)c(Cl)c1. The molecule has 1 fully saturated rings. The van der Waals surface area contributed by atoms with Gasteiger partial charge < -0.3 is 10.0 Å². The van der Waals surface area contributed by atoms with Crippen molar-refractivity contribution in [1.29, 1.82) is 0 Å². The highest BCUT2D eigenvalue weighted by Crippen LogP contribution is 2.28. The maximum atomic E-state index is 13.7. The molecule has 0 saturated carbocycles. The van der Waals surface area contributed by atoms with Gasteiger partial charge in [-0.15, -0.1) is 0 Å². The van der Waals surface area contributed by atoms with Gasteiger partial charge in [0.2, 0.25) is 0 Å². The third-order valence-electron chi connectivity index (χ3n) is 7.61. The van der Waals surface area contributed by atoms with Gasteiger partial charge in [-0.1, -0.05) is 66.2 Å². The number of benzene rings is 4. The second kappa shape index (κ2) is 10.5. The molecule has 2 amide bonds. The lowest BCUT2D eigenvalue weighted by Gasteiger charge is -2.44. The van der Waals surface area contributed by atoms with Crippen LogP contribution in [0.4, 0.5) is 0 Å². The van der Waals surface area contributed by atoms with Crippen molar-refractivity contribution in [2.75, 3.05) is 19.6 Å². The number of aromatic hydroxyl groups is 1. The number of rotatable bonds is 4. The first-order valence-corrected chi connectivity index (χ1v) is 13.3. The second-order valence-corrected chi connectivity index (χ2v) is 10.4. The van der Waals surface area contributed by atoms with E-state index in [9.17, 15) is 14.7 Å². The normalized spacial score (nSPS) is 17.2. The third kappa shape index (κ3) is 4.99. The Morgan fingerprint density at radius 3 is 2.54 bits per heavy atom. The largest absolute Gasteiger partial charge is 0.506 e. The van der Waals surface area contributed by atoms with Gasteiger partial charge in [-0.2, -0.15) is 5.10 Å². The number of hydrogen-bond donors (Lipinski definition) is 2. The smallest absolute Gasteiger partial charge is 0.271 e. The number of hydrogen-bond acceptors (Lipinski definition) is 5. The number of phenols is 1. The van der Waals surface area contributed by atoms with Crippen LogP contribution in [-0.2, 0) is 13.0 Å². The fraction of sp³-hybridized carbons (Fsp3) is 0.194. The fourth-order valence-corrected chi connectivity index (χ4v) is 5.71. The number of carbonyl (C=O) groups excluding carboxylic acids is 2. The van der Waals surface area contributed by atoms with Crippen LogP contribution in [-0.4, -0.2) is 58.6 Å². The highest BCUT2D eigenvalue weighted by Gasteiger charge is 2.33. The van der Waals surface area contributed by atoms with E-state index in [2.05, 4.69) is 39.7 Å². The first-order valence-electron chi connectivity index (χ1n) is 12.9. The summed E-state index contributed by atoms with van der Waals surface area (Å²) < 4.78 is 0. The van der Waals surface area contributed by atoms with Gasteiger partial charge in [0.05, 0.1) is 11.2 Å². The lowest BCUT2D eigenvalue weighted by atomic mass is 9.92. The minimum atomic E-state index is -0.450. The zero-order chi connectivity index (χ0) is 26.9. The molecule has 4 aromatic rings. The van der Waals surface area contributed by atoms with E-state index in [-0.39, 0.29) is 22.2 Å². The number of fused-ring (bicyclic) bond motifs is 3. The highest BCUT2D eigenvalue weighted by molar-refractivity contribution is 6.32. The van der Waals surface area contributed by atoms with E-state index in [0.717, 1.165) is 35.8 Å². The Morgan fingerprint density at radius 1 is 0.949 bits per heavy atom. The van der Waals surface area contributed by atoms with Crippen LogP contribution in [0.1, 0.15) is 37.4 Å². The van der Waals surface area contributed by atoms with E-state index < -0.39 is 5.91 Å². The summed E-state index contributed by atoms with van der Waals surface area (Å²) in [6, 6.07) is 24.6. The van der Waals surface area contributed by atoms with Crippen molar-refractivity contribution in [2.45, 2.75) is 19.0 Å². The van der Waals surface area contributed by atoms with Gasteiger partial charge in [0.25, 0.3) is 11.8 Å². The lowest BCUT2D eigenvalue weighted by molar-refractivity contribution is 0.0428. The predicted octanol–water partition coefficient (Wildman–Crippen LogP) is 4.85. The first kappa shape index (κ1) is 25.1. The number of nitrogens with zero attached hydrogens (tertiary/aromatic N) is 3. The molecule has 1 atom stereocenters. The third-order valence-corrected chi connectivity index (χ3v) is 7.91. The van der Waals surface area contributed by atoms with Gasteiger partial charge in [0, 0.05) is 48.9 Å². The molecule has 2 N–H and O–H groups in total. The highest BCUT2D eigenvalue weighted by atomic mass is 35.5. The molecule has 0 radical (unpaired) electrons. The Balaban J connectivity index is 1.20. The summed E-state index contributed by atoms with van der Waals surface area (Å²) in [4.78, 5) is 30.6. The van der Waals surface area contributed by atoms with Crippen molar-refractivity contribution < 1.29 is 14.7 Å². The van der Waals surface area contributed by atoms with Crippen LogP contribution < -0.4 is 5.43 Å². The number of phenolic OH excluding ortho intramolecular Hbond substituents is 1. The summed E-state index contributed by atoms with van der Waals surface area (Å²) in [5, 5.41) is 15.5. The van der Waals surface area contributed by atoms with Crippen molar-refractivity contribution in [3.63, 3.8) is 0 Å². The average molecular weight is 539 g/mol. The molecule has 0 spiro atoms. The molecule has 1 saturated heterocycles. The molecule has 2 aliphatic rings. The molecule has 39 heavy (non-hydrogen) atoms. The van der Waals surface area contributed by atoms with Crippen molar-refractivity contribution in [1.82, 2.24) is 15.2 Å². The van der Waals surface area contributed by atoms with Crippen LogP contribution in [0.3, 0.4) is 0 Å². The Kier molecular flexibility index (Phi) is 6.77. The van der Waals surface area contributed by atoms with Crippen molar-refractivity contribution >= 4 is 40.4 Å². The first-order chi connectivity index (χ1) is 19.0. The molecule has 0 bridgehead atoms. The zero-order valence-corrected chi connectivity index (χ0v) is 21.9. The molecule has 2 aliphatic heterocycles. The average Bonchev–Trinajstić information content (AvgIpc) is 2.96. The van der Waals surface area contributed by atoms with Gasteiger partial charge >= 0.3 is 0 Å². The van der Waals surface area contributed by atoms with Crippen LogP contribution in [0.2, 0.25) is 5.02 Å². The van der Waals surface area contributed by atoms with Crippen LogP contribution in [0.5, 0.6) is 5.75 Å². The Labute approximate surface area is 231 Å². The maximum absolute atomic E-state index is 13.7. The molecule has 0 aromatic heterocycles. The minimum Gasteiger partial charge on any atom is -0.506 e. The summed E-state index contributed by atoms with van der Waals surface area (Å²) in [7, 11) is 0. The molecular formula is C31H27ClN4O3. The number of carbonyl (C=O) groups is 2. The summed E-state index contributed by atoms with van der Waals surface area (Å²) in [6.07, 6.45) is 2.52. The topological polar surface area (TPSA) is 85.2 Å². The van der Waals surface area contributed by atoms with E-state index in [1.165, 1.54) is 29.3 Å². The molecule has 196 valence electrons. The van der Waals surface area contributed by atoms with E-state index in [0.29, 0.717) is 24.7 Å². The summed E-state index contributed by atoms with van der Waals surface area (Å²) in [5.41, 5.74) is 6.98. The van der Waals surface area contributed by atoms with E-state index >= 15 is 0 Å². The van der Waals surface area contributed by atoms with E-state index in [1.54, 1.807) is 6.21 Å². The molecule has 4 aromatic carbocycles. The minimum absolute atomic E-state index is 0.0331. The molecule has 0 aliphatic carbocycles. The van der Waals surface area contributed by atoms with Crippen molar-refractivity contribution in [2.24, 2.45) is 5.10 Å². The van der Waals surface area contributed by atoms with Crippen LogP contribution in [0.25, 0.3) is 10.8 Å². The van der Waals surface area contributed by atoms with Gasteiger partial charge in [-0.25, -0.2) is 5.43 Å². The van der Waals surface area contributed by atoms with Crippen LogP contribution >= 0.6 is 11.6 Å². The summed E-state index contributed by atoms with van der Waals surface area (Å²) in [6.45, 7) is 3.20. The molecule has 6 rings (SSSR count). The quantitative estimate of drug-likeness (QED) is 0.287. The zero-order valence-electron chi connectivity index (χ0n) is 21.2. The number of nitrogens with one attached hydrogen (secondary N) is 1. The van der Waals surface area contributed by atoms with E-state index in [1.807, 2.05) is 41.3 Å². The Bertz CT molecular complexity index is 1620. The van der Waals surface area contributed by atoms with Crippen molar-refractivity contribution in [3.8, 4) is 5.75 Å². The van der Waals surface area contributed by atoms with Gasteiger partial charge in [-0.3, -0.25) is 14.5 Å². The van der Waals surface area contributed by atoms with Gasteiger partial charge in [0.15, 0.2) is 0 Å². The van der Waals surface area contributed by atoms with Crippen LogP contribution in [0, 0.1) is 0 Å². The molecular weight excluding hydrogens is 512 g/mol. The second-order valence-electron chi connectivity index (χ2n) is 9.96. The number of halogens is 1. The number of amides is 2. The summed E-state index contributed by atoms with van der Waals surface area (Å²) in [5.74, 6) is -0.511. The number of hydrazone groups is 1. The Morgan fingerprint density at radius 2 is 1.72 bits per heavy atom. The molecule has 7 nitrogen and oxygen atoms in total. The maximum Gasteiger partial charge on any atom is 0.271 e. The molecule has 1 unspecified atom stereocenters. The Hall–Kier alpha value is -4.20. The fourth-order valence-electron chi connectivity index (χ4n) is 5.53. The lowest BCUT2D eigenvalue weighted by Crippen LogP contribution is -2.56. The van der Waals surface area contributed by atoms with E-state index in [4.69, 9.17) is 11.6 Å². The molecule has 8 heteroatoms. The van der Waals surface area contributed by atoms with Gasteiger partial charge in [0.1, 0.15) is 5.75 Å². The van der Waals surface area contributed by atoms with Crippen LogP contribution in [0.15, 0.2) is 84.0 Å². The monoisotopic (exact) mass is 538 g/mol. The molecule has 2 heterocycles.